The average Bonchev–Trinajstić information content (AvgIpc) is 2.90. The van der Waals surface area contributed by atoms with Gasteiger partial charge in [0.15, 0.2) is 0 Å². The monoisotopic (exact) mass is 472 g/mol. The van der Waals surface area contributed by atoms with Gasteiger partial charge in [-0.3, -0.25) is 20.2 Å². The maximum atomic E-state index is 11.8. The Morgan fingerprint density at radius 1 is 0.500 bits per heavy atom. The van der Waals surface area contributed by atoms with Gasteiger partial charge in [-0.05, 0) is 69.1 Å². The van der Waals surface area contributed by atoms with E-state index >= 15 is 0 Å². The summed E-state index contributed by atoms with van der Waals surface area (Å²) >= 11 is 0. The van der Waals surface area contributed by atoms with Gasteiger partial charge in [-0.1, -0.05) is 72.8 Å². The van der Waals surface area contributed by atoms with E-state index in [9.17, 15) is 20.2 Å². The van der Waals surface area contributed by atoms with Crippen molar-refractivity contribution in [3.63, 3.8) is 0 Å². The molecule has 0 spiro atoms. The number of nitro groups is 2. The highest BCUT2D eigenvalue weighted by Crippen LogP contribution is 2.44. The van der Waals surface area contributed by atoms with Gasteiger partial charge in [0.25, 0.3) is 11.4 Å². The standard InChI is InChI=1S/C30H20N2O4/c33-31(34)29-11-5-3-9-25(29)23-13-14-24(26-10-4-6-12-30(26)32(35)36)28-18-22-16-20-8-2-1-7-19(20)15-21(22)17-27(23)28/h1-16H,17-18H2. The van der Waals surface area contributed by atoms with E-state index in [0.29, 0.717) is 24.0 Å². The van der Waals surface area contributed by atoms with E-state index < -0.39 is 0 Å². The maximum Gasteiger partial charge on any atom is 0.277 e. The molecule has 0 heterocycles. The number of hydrogen-bond acceptors (Lipinski definition) is 4. The van der Waals surface area contributed by atoms with Crippen molar-refractivity contribution < 1.29 is 9.85 Å². The van der Waals surface area contributed by atoms with Gasteiger partial charge in [-0.15, -0.1) is 0 Å². The molecule has 0 unspecified atom stereocenters. The van der Waals surface area contributed by atoms with Crippen molar-refractivity contribution in [1.29, 1.82) is 0 Å². The van der Waals surface area contributed by atoms with Crippen LogP contribution in [0, 0.1) is 20.2 Å². The Balaban J connectivity index is 1.63. The van der Waals surface area contributed by atoms with Crippen LogP contribution in [0.5, 0.6) is 0 Å². The first kappa shape index (κ1) is 21.7. The smallest absolute Gasteiger partial charge is 0.258 e. The minimum Gasteiger partial charge on any atom is -0.258 e. The first-order valence-electron chi connectivity index (χ1n) is 11.6. The van der Waals surface area contributed by atoms with Crippen molar-refractivity contribution in [3.05, 3.63) is 140 Å². The molecule has 5 aromatic rings. The first-order chi connectivity index (χ1) is 17.5. The van der Waals surface area contributed by atoms with E-state index in [4.69, 9.17) is 0 Å². The minimum absolute atomic E-state index is 0.0439. The van der Waals surface area contributed by atoms with Gasteiger partial charge in [0, 0.05) is 12.1 Å². The third-order valence-electron chi connectivity index (χ3n) is 7.02. The molecule has 0 N–H and O–H groups in total. The van der Waals surface area contributed by atoms with Crippen LogP contribution in [0.25, 0.3) is 33.0 Å². The summed E-state index contributed by atoms with van der Waals surface area (Å²) in [6.07, 6.45) is 1.18. The second-order valence-corrected chi connectivity index (χ2v) is 8.99. The number of fused-ring (bicyclic) bond motifs is 3. The topological polar surface area (TPSA) is 86.3 Å². The summed E-state index contributed by atoms with van der Waals surface area (Å²) in [4.78, 5) is 23.0. The number of nitrogens with zero attached hydrogens (tertiary/aromatic N) is 2. The van der Waals surface area contributed by atoms with E-state index in [2.05, 4.69) is 24.3 Å². The fourth-order valence-corrected chi connectivity index (χ4v) is 5.37. The lowest BCUT2D eigenvalue weighted by Crippen LogP contribution is -2.11. The highest BCUT2D eigenvalue weighted by molar-refractivity contribution is 5.88. The molecule has 0 saturated carbocycles. The van der Waals surface area contributed by atoms with Crippen LogP contribution in [0.15, 0.2) is 97.1 Å². The van der Waals surface area contributed by atoms with Crippen LogP contribution in [0.1, 0.15) is 22.3 Å². The van der Waals surface area contributed by atoms with Crippen molar-refractivity contribution >= 4 is 22.1 Å². The molecular formula is C30H20N2O4. The molecule has 0 amide bonds. The summed E-state index contributed by atoms with van der Waals surface area (Å²) in [6, 6.07) is 29.8. The molecule has 6 heteroatoms. The highest BCUT2D eigenvalue weighted by atomic mass is 16.6. The third-order valence-corrected chi connectivity index (χ3v) is 7.02. The Kier molecular flexibility index (Phi) is 5.08. The second kappa shape index (κ2) is 8.43. The van der Waals surface area contributed by atoms with Gasteiger partial charge in [0.2, 0.25) is 0 Å². The Labute approximate surface area is 206 Å². The number of nitro benzene ring substituents is 2. The number of hydrogen-bond donors (Lipinski definition) is 0. The molecule has 1 aliphatic rings. The molecule has 5 aromatic carbocycles. The molecule has 0 fully saturated rings. The molecule has 174 valence electrons. The molecule has 0 aliphatic heterocycles. The van der Waals surface area contributed by atoms with Crippen LogP contribution in [0.4, 0.5) is 11.4 Å². The van der Waals surface area contributed by atoms with Crippen molar-refractivity contribution in [2.45, 2.75) is 12.8 Å². The highest BCUT2D eigenvalue weighted by Gasteiger charge is 2.27. The predicted octanol–water partition coefficient (Wildman–Crippen LogP) is 7.49. The van der Waals surface area contributed by atoms with Gasteiger partial charge in [-0.2, -0.15) is 0 Å². The van der Waals surface area contributed by atoms with Gasteiger partial charge in [-0.25, -0.2) is 0 Å². The van der Waals surface area contributed by atoms with E-state index in [-0.39, 0.29) is 21.2 Å². The Hall–Kier alpha value is -4.84. The van der Waals surface area contributed by atoms with Crippen molar-refractivity contribution in [2.24, 2.45) is 0 Å². The van der Waals surface area contributed by atoms with Gasteiger partial charge < -0.3 is 0 Å². The summed E-state index contributed by atoms with van der Waals surface area (Å²) in [5.74, 6) is 0. The molecule has 0 atom stereocenters. The molecule has 1 aliphatic carbocycles. The van der Waals surface area contributed by atoms with Crippen LogP contribution in [-0.4, -0.2) is 9.85 Å². The summed E-state index contributed by atoms with van der Waals surface area (Å²) in [5.41, 5.74) is 7.06. The zero-order valence-corrected chi connectivity index (χ0v) is 19.2. The fraction of sp³-hybridized carbons (Fsp3) is 0.0667. The largest absolute Gasteiger partial charge is 0.277 e. The number of rotatable bonds is 4. The Morgan fingerprint density at radius 2 is 0.889 bits per heavy atom. The lowest BCUT2D eigenvalue weighted by atomic mass is 9.77. The molecular weight excluding hydrogens is 452 g/mol. The zero-order chi connectivity index (χ0) is 24.8. The second-order valence-electron chi connectivity index (χ2n) is 8.99. The van der Waals surface area contributed by atoms with Crippen molar-refractivity contribution in [3.8, 4) is 22.3 Å². The average molecular weight is 473 g/mol. The maximum absolute atomic E-state index is 11.8. The normalized spacial score (nSPS) is 12.1. The lowest BCUT2D eigenvalue weighted by Gasteiger charge is -2.26. The SMILES string of the molecule is O=[N+]([O-])c1ccccc1-c1ccc(-c2ccccc2[N+](=O)[O-])c2c1Cc1cc3ccccc3cc1C2. The van der Waals surface area contributed by atoms with Crippen LogP contribution in [0.3, 0.4) is 0 Å². The van der Waals surface area contributed by atoms with Crippen LogP contribution in [-0.2, 0) is 12.8 Å². The summed E-state index contributed by atoms with van der Waals surface area (Å²) in [7, 11) is 0. The zero-order valence-electron chi connectivity index (χ0n) is 19.2. The molecule has 6 rings (SSSR count). The number of para-hydroxylation sites is 2. The lowest BCUT2D eigenvalue weighted by molar-refractivity contribution is -0.384. The van der Waals surface area contributed by atoms with E-state index in [1.807, 2.05) is 24.3 Å². The molecule has 6 nitrogen and oxygen atoms in total. The quantitative estimate of drug-likeness (QED) is 0.196. The predicted molar refractivity (Wildman–Crippen MR) is 140 cm³/mol. The third kappa shape index (κ3) is 3.51. The van der Waals surface area contributed by atoms with Gasteiger partial charge >= 0.3 is 0 Å². The van der Waals surface area contributed by atoms with E-state index in [1.165, 1.54) is 23.3 Å². The minimum atomic E-state index is -0.359. The molecule has 0 radical (unpaired) electrons. The summed E-state index contributed by atoms with van der Waals surface area (Å²) in [6.45, 7) is 0. The Morgan fingerprint density at radius 3 is 1.31 bits per heavy atom. The Bertz CT molecular complexity index is 1580. The fourth-order valence-electron chi connectivity index (χ4n) is 5.37. The van der Waals surface area contributed by atoms with Gasteiger partial charge in [0.05, 0.1) is 21.0 Å². The molecule has 0 saturated heterocycles. The van der Waals surface area contributed by atoms with E-state index in [0.717, 1.165) is 33.0 Å². The van der Waals surface area contributed by atoms with Gasteiger partial charge in [0.1, 0.15) is 0 Å². The van der Waals surface area contributed by atoms with Crippen LogP contribution in [0.2, 0.25) is 0 Å². The summed E-state index contributed by atoms with van der Waals surface area (Å²) < 4.78 is 0. The molecule has 0 aromatic heterocycles. The van der Waals surface area contributed by atoms with Crippen LogP contribution < -0.4 is 0 Å². The molecule has 36 heavy (non-hydrogen) atoms. The van der Waals surface area contributed by atoms with Crippen molar-refractivity contribution in [1.82, 2.24) is 0 Å². The van der Waals surface area contributed by atoms with E-state index in [1.54, 1.807) is 36.4 Å². The molecule has 0 bridgehead atoms. The summed E-state index contributed by atoms with van der Waals surface area (Å²) in [5, 5.41) is 26.0. The first-order valence-corrected chi connectivity index (χ1v) is 11.6. The van der Waals surface area contributed by atoms with Crippen LogP contribution >= 0.6 is 0 Å². The number of benzene rings is 5. The van der Waals surface area contributed by atoms with Crippen molar-refractivity contribution in [2.75, 3.05) is 0 Å².